The molecule has 1 aliphatic heterocycles. The van der Waals surface area contributed by atoms with Crippen LogP contribution in [0, 0.1) is 0 Å². The number of rotatable bonds is 4. The van der Waals surface area contributed by atoms with Crippen molar-refractivity contribution < 1.29 is 14.7 Å². The third-order valence-corrected chi connectivity index (χ3v) is 4.87. The van der Waals surface area contributed by atoms with Gasteiger partial charge in [0.1, 0.15) is 6.10 Å². The second kappa shape index (κ2) is 6.85. The van der Waals surface area contributed by atoms with Crippen LogP contribution in [0.5, 0.6) is 0 Å². The van der Waals surface area contributed by atoms with E-state index in [0.29, 0.717) is 31.0 Å². The van der Waals surface area contributed by atoms with E-state index in [-0.39, 0.29) is 0 Å². The fraction of sp³-hybridized carbons (Fsp3) is 0.250. The Morgan fingerprint density at radius 2 is 1.89 bits per heavy atom. The minimum atomic E-state index is -0.821. The van der Waals surface area contributed by atoms with Gasteiger partial charge in [-0.15, -0.1) is 0 Å². The summed E-state index contributed by atoms with van der Waals surface area (Å²) in [6.45, 7) is 1.19. The lowest BCUT2D eigenvalue weighted by atomic mass is 10.1. The number of aromatic nitrogens is 3. The molecule has 0 saturated carbocycles. The molecule has 0 unspecified atom stereocenters. The number of hydrogen-bond acceptors (Lipinski definition) is 4. The quantitative estimate of drug-likeness (QED) is 0.562. The first-order valence-corrected chi connectivity index (χ1v) is 8.79. The van der Waals surface area contributed by atoms with Gasteiger partial charge in [0.15, 0.2) is 0 Å². The molecule has 1 N–H and O–H groups in total. The van der Waals surface area contributed by atoms with E-state index in [4.69, 9.17) is 0 Å². The van der Waals surface area contributed by atoms with Crippen molar-refractivity contribution in [3.05, 3.63) is 77.4 Å². The molecule has 0 aliphatic carbocycles. The van der Waals surface area contributed by atoms with Crippen LogP contribution in [0.25, 0.3) is 0 Å². The molecule has 0 bridgehead atoms. The van der Waals surface area contributed by atoms with Gasteiger partial charge >= 0.3 is 0 Å². The van der Waals surface area contributed by atoms with Crippen molar-refractivity contribution >= 4 is 11.7 Å². The topological polar surface area (TPSA) is 80.4 Å². The zero-order chi connectivity index (χ0) is 19.0. The van der Waals surface area contributed by atoms with Gasteiger partial charge in [-0.1, -0.05) is 30.3 Å². The summed E-state index contributed by atoms with van der Waals surface area (Å²) in [7, 11) is 1.74. The van der Waals surface area contributed by atoms with Gasteiger partial charge in [-0.2, -0.15) is 5.10 Å². The highest BCUT2D eigenvalue weighted by Crippen LogP contribution is 2.23. The number of benzene rings is 1. The van der Waals surface area contributed by atoms with Crippen molar-refractivity contribution in [2.24, 2.45) is 7.05 Å². The fourth-order valence-corrected chi connectivity index (χ4v) is 3.35. The zero-order valence-corrected chi connectivity index (χ0v) is 14.9. The summed E-state index contributed by atoms with van der Waals surface area (Å²) in [5, 5.41) is 15.0. The summed E-state index contributed by atoms with van der Waals surface area (Å²) in [5.41, 5.74) is 2.48. The highest BCUT2D eigenvalue weighted by Gasteiger charge is 2.29. The van der Waals surface area contributed by atoms with Gasteiger partial charge in [-0.3, -0.25) is 14.3 Å². The Kier molecular flexibility index (Phi) is 4.37. The van der Waals surface area contributed by atoms with E-state index >= 15 is 0 Å². The average Bonchev–Trinajstić information content (AvgIpc) is 3.32. The molecule has 7 heteroatoms. The van der Waals surface area contributed by atoms with E-state index in [2.05, 4.69) is 5.10 Å². The minimum absolute atomic E-state index is 0.295. The number of aliphatic hydroxyl groups is 1. The third kappa shape index (κ3) is 3.17. The molecule has 3 heterocycles. The summed E-state index contributed by atoms with van der Waals surface area (Å²) in [6, 6.07) is 14.5. The van der Waals surface area contributed by atoms with Gasteiger partial charge in [-0.25, -0.2) is 0 Å². The number of nitrogens with zero attached hydrogens (tertiary/aromatic N) is 4. The molecule has 0 fully saturated rings. The van der Waals surface area contributed by atoms with Crippen molar-refractivity contribution in [3.8, 4) is 0 Å². The van der Waals surface area contributed by atoms with Crippen LogP contribution in [0.15, 0.2) is 54.7 Å². The van der Waals surface area contributed by atoms with Crippen molar-refractivity contribution in [1.82, 2.24) is 19.2 Å². The van der Waals surface area contributed by atoms with Crippen LogP contribution in [-0.4, -0.2) is 42.6 Å². The predicted molar refractivity (Wildman–Crippen MR) is 97.9 cm³/mol. The summed E-state index contributed by atoms with van der Waals surface area (Å²) in [4.78, 5) is 26.6. The van der Waals surface area contributed by atoms with Crippen LogP contribution in [0.1, 0.15) is 33.5 Å². The van der Waals surface area contributed by atoms with E-state index < -0.39 is 17.8 Å². The lowest BCUT2D eigenvalue weighted by Gasteiger charge is -2.27. The van der Waals surface area contributed by atoms with Gasteiger partial charge in [-0.05, 0) is 23.8 Å². The summed E-state index contributed by atoms with van der Waals surface area (Å²) in [6.07, 6.45) is 0.918. The monoisotopic (exact) mass is 364 g/mol. The zero-order valence-electron chi connectivity index (χ0n) is 14.9. The largest absolute Gasteiger partial charge is 0.382 e. The van der Waals surface area contributed by atoms with Gasteiger partial charge in [0.05, 0.1) is 30.2 Å². The predicted octanol–water partition coefficient (Wildman–Crippen LogP) is 1.53. The number of Topliss-reactive ketones (excluding diaryl/α,β-unsaturated/α-hetero) is 1. The first-order chi connectivity index (χ1) is 13.0. The molecule has 27 heavy (non-hydrogen) atoms. The highest BCUT2D eigenvalue weighted by atomic mass is 16.3. The lowest BCUT2D eigenvalue weighted by molar-refractivity contribution is -0.127. The molecule has 0 spiro atoms. The van der Waals surface area contributed by atoms with Crippen molar-refractivity contribution in [2.75, 3.05) is 6.54 Å². The molecule has 0 saturated heterocycles. The molecule has 7 nitrogen and oxygen atoms in total. The SMILES string of the molecule is Cn1cccc1C(=O)C(=O)N1CCn2nc([C@@H](O)c3ccccc3)cc2C1. The first-order valence-electron chi connectivity index (χ1n) is 8.79. The maximum Gasteiger partial charge on any atom is 0.296 e. The first kappa shape index (κ1) is 17.2. The smallest absolute Gasteiger partial charge is 0.296 e. The van der Waals surface area contributed by atoms with Crippen molar-refractivity contribution in [3.63, 3.8) is 0 Å². The van der Waals surface area contributed by atoms with Gasteiger partial charge in [0.25, 0.3) is 11.7 Å². The Morgan fingerprint density at radius 1 is 1.11 bits per heavy atom. The number of carbonyl (C=O) groups excluding carboxylic acids is 2. The number of aryl methyl sites for hydroxylation is 1. The normalized spacial score (nSPS) is 14.7. The minimum Gasteiger partial charge on any atom is -0.382 e. The molecular formula is C20H20N4O3. The van der Waals surface area contributed by atoms with Crippen LogP contribution in [0.4, 0.5) is 0 Å². The summed E-state index contributed by atoms with van der Waals surface area (Å²) >= 11 is 0. The molecule has 3 aromatic rings. The number of fused-ring (bicyclic) bond motifs is 1. The van der Waals surface area contributed by atoms with E-state index in [0.717, 1.165) is 11.3 Å². The number of amides is 1. The Morgan fingerprint density at radius 3 is 2.59 bits per heavy atom. The molecule has 1 atom stereocenters. The second-order valence-electron chi connectivity index (χ2n) is 6.66. The maximum absolute atomic E-state index is 12.6. The second-order valence-corrected chi connectivity index (χ2v) is 6.66. The van der Waals surface area contributed by atoms with Gasteiger partial charge < -0.3 is 14.6 Å². The number of carbonyl (C=O) groups is 2. The molecule has 1 aliphatic rings. The van der Waals surface area contributed by atoms with E-state index in [9.17, 15) is 14.7 Å². The third-order valence-electron chi connectivity index (χ3n) is 4.87. The molecule has 2 aromatic heterocycles. The maximum atomic E-state index is 12.6. The van der Waals surface area contributed by atoms with Crippen LogP contribution in [-0.2, 0) is 24.9 Å². The number of hydrogen-bond donors (Lipinski definition) is 1. The van der Waals surface area contributed by atoms with E-state index in [1.807, 2.05) is 30.3 Å². The average molecular weight is 364 g/mol. The standard InChI is InChI=1S/C20H20N4O3/c1-22-9-5-8-17(22)19(26)20(27)23-10-11-24-15(13-23)12-16(21-24)18(25)14-6-3-2-4-7-14/h2-9,12,18,25H,10-11,13H2,1H3/t18-/m0/s1. The Bertz CT molecular complexity index is 990. The summed E-state index contributed by atoms with van der Waals surface area (Å²) in [5.74, 6) is -1.03. The Hall–Kier alpha value is -3.19. The van der Waals surface area contributed by atoms with Gasteiger partial charge in [0.2, 0.25) is 0 Å². The van der Waals surface area contributed by atoms with Gasteiger partial charge in [0, 0.05) is 19.8 Å². The molecule has 1 amide bonds. The van der Waals surface area contributed by atoms with Crippen LogP contribution in [0.3, 0.4) is 0 Å². The fourth-order valence-electron chi connectivity index (χ4n) is 3.35. The molecular weight excluding hydrogens is 344 g/mol. The molecule has 0 radical (unpaired) electrons. The summed E-state index contributed by atoms with van der Waals surface area (Å²) < 4.78 is 3.43. The molecule has 4 rings (SSSR count). The highest BCUT2D eigenvalue weighted by molar-refractivity contribution is 6.42. The number of ketones is 1. The van der Waals surface area contributed by atoms with Crippen molar-refractivity contribution in [1.29, 1.82) is 0 Å². The lowest BCUT2D eigenvalue weighted by Crippen LogP contribution is -2.42. The Labute approximate surface area is 156 Å². The van der Waals surface area contributed by atoms with Crippen LogP contribution >= 0.6 is 0 Å². The van der Waals surface area contributed by atoms with E-state index in [1.165, 1.54) is 4.90 Å². The van der Waals surface area contributed by atoms with Crippen LogP contribution < -0.4 is 0 Å². The van der Waals surface area contributed by atoms with Crippen LogP contribution in [0.2, 0.25) is 0 Å². The van der Waals surface area contributed by atoms with E-state index in [1.54, 1.807) is 40.7 Å². The van der Waals surface area contributed by atoms with Crippen molar-refractivity contribution in [2.45, 2.75) is 19.2 Å². The molecule has 1 aromatic carbocycles. The Balaban J connectivity index is 1.52. The number of aliphatic hydroxyl groups excluding tert-OH is 1. The molecule has 138 valence electrons.